The topological polar surface area (TPSA) is 50.1 Å². The molecule has 0 bridgehead atoms. The number of carbonyl (C=O) groups is 1. The quantitative estimate of drug-likeness (QED) is 0.469. The summed E-state index contributed by atoms with van der Waals surface area (Å²) in [6.45, 7) is 0. The zero-order chi connectivity index (χ0) is 10.3. The number of nitriles is 1. The Morgan fingerprint density at radius 2 is 1.92 bits per heavy atom. The van der Waals surface area contributed by atoms with Crippen LogP contribution in [0.25, 0.3) is 0 Å². The molecule has 0 unspecified atom stereocenters. The van der Waals surface area contributed by atoms with Crippen LogP contribution in [0.5, 0.6) is 0 Å². The second-order valence-electron chi connectivity index (χ2n) is 2.45. The van der Waals surface area contributed by atoms with Crippen LogP contribution in [-0.4, -0.2) is 13.1 Å². The van der Waals surface area contributed by atoms with Gasteiger partial charge in [-0.05, 0) is 0 Å². The number of ether oxygens (including phenoxy) is 1. The van der Waals surface area contributed by atoms with Crippen LogP contribution in [0.3, 0.4) is 0 Å². The van der Waals surface area contributed by atoms with E-state index in [4.69, 9.17) is 18.1 Å². The number of esters is 1. The molecule has 3 nitrogen and oxygen atoms in total. The molecule has 0 aliphatic rings. The van der Waals surface area contributed by atoms with Gasteiger partial charge in [-0.15, -0.1) is 24.7 Å². The normalized spacial score (nSPS) is 9.08. The van der Waals surface area contributed by atoms with E-state index < -0.39 is 11.4 Å². The summed E-state index contributed by atoms with van der Waals surface area (Å²) in [5.41, 5.74) is -1.38. The van der Waals surface area contributed by atoms with Gasteiger partial charge in [0.2, 0.25) is 0 Å². The number of carbonyl (C=O) groups excluding carboxylic acids is 1. The minimum atomic E-state index is -1.38. The van der Waals surface area contributed by atoms with E-state index in [0.717, 1.165) is 0 Å². The molecule has 0 N–H and O–H groups in total. The third kappa shape index (κ3) is 2.26. The van der Waals surface area contributed by atoms with Gasteiger partial charge in [-0.3, -0.25) is 4.79 Å². The van der Waals surface area contributed by atoms with Crippen molar-refractivity contribution in [1.29, 1.82) is 5.26 Å². The Morgan fingerprint density at radius 3 is 2.15 bits per heavy atom. The summed E-state index contributed by atoms with van der Waals surface area (Å²) in [5, 5.41) is 8.80. The molecule has 0 fully saturated rings. The van der Waals surface area contributed by atoms with Crippen molar-refractivity contribution in [3.05, 3.63) is 0 Å². The van der Waals surface area contributed by atoms with E-state index in [2.05, 4.69) is 16.6 Å². The van der Waals surface area contributed by atoms with E-state index in [1.54, 1.807) is 0 Å². The lowest BCUT2D eigenvalue weighted by Crippen LogP contribution is -2.30. The third-order valence-electron chi connectivity index (χ3n) is 1.60. The number of methoxy groups -OCH3 is 1. The first-order valence-corrected chi connectivity index (χ1v) is 3.53. The monoisotopic (exact) mass is 175 g/mol. The maximum Gasteiger partial charge on any atom is 0.328 e. The molecule has 0 saturated heterocycles. The van der Waals surface area contributed by atoms with Gasteiger partial charge in [0, 0.05) is 12.8 Å². The summed E-state index contributed by atoms with van der Waals surface area (Å²) in [4.78, 5) is 11.2. The van der Waals surface area contributed by atoms with Gasteiger partial charge in [0.1, 0.15) is 0 Å². The van der Waals surface area contributed by atoms with Crippen molar-refractivity contribution in [2.45, 2.75) is 12.8 Å². The first kappa shape index (κ1) is 11.1. The van der Waals surface area contributed by atoms with Crippen LogP contribution >= 0.6 is 0 Å². The molecule has 0 aromatic carbocycles. The van der Waals surface area contributed by atoms with Crippen molar-refractivity contribution >= 4 is 5.97 Å². The van der Waals surface area contributed by atoms with Gasteiger partial charge >= 0.3 is 5.97 Å². The molecule has 13 heavy (non-hydrogen) atoms. The van der Waals surface area contributed by atoms with E-state index >= 15 is 0 Å². The number of terminal acetylenes is 2. The Kier molecular flexibility index (Phi) is 4.14. The van der Waals surface area contributed by atoms with E-state index in [0.29, 0.717) is 0 Å². The Labute approximate surface area is 77.7 Å². The van der Waals surface area contributed by atoms with Crippen LogP contribution in [0.2, 0.25) is 0 Å². The Hall–Kier alpha value is -1.92. The molecule has 0 atom stereocenters. The average Bonchev–Trinajstić information content (AvgIpc) is 2.16. The minimum Gasteiger partial charge on any atom is -0.468 e. The standard InChI is InChI=1S/C10H9NO2/c1-4-6-10(8-11,7-5-2)9(12)13-3/h1-2H,6-7H2,3H3. The molecule has 0 saturated carbocycles. The predicted octanol–water partition coefficient (Wildman–Crippen LogP) is 0.716. The maximum atomic E-state index is 11.2. The third-order valence-corrected chi connectivity index (χ3v) is 1.60. The van der Waals surface area contributed by atoms with E-state index in [1.165, 1.54) is 7.11 Å². The fourth-order valence-electron chi connectivity index (χ4n) is 0.875. The van der Waals surface area contributed by atoms with Gasteiger partial charge in [-0.25, -0.2) is 0 Å². The fraction of sp³-hybridized carbons (Fsp3) is 0.400. The van der Waals surface area contributed by atoms with Crippen LogP contribution in [-0.2, 0) is 9.53 Å². The zero-order valence-corrected chi connectivity index (χ0v) is 7.33. The van der Waals surface area contributed by atoms with Gasteiger partial charge < -0.3 is 4.74 Å². The lowest BCUT2D eigenvalue weighted by molar-refractivity contribution is -0.148. The molecule has 0 aliphatic carbocycles. The van der Waals surface area contributed by atoms with Crippen LogP contribution in [0.4, 0.5) is 0 Å². The summed E-state index contributed by atoms with van der Waals surface area (Å²) in [6, 6.07) is 1.81. The number of hydrogen-bond acceptors (Lipinski definition) is 3. The summed E-state index contributed by atoms with van der Waals surface area (Å²) in [5.74, 6) is 3.81. The highest BCUT2D eigenvalue weighted by Gasteiger charge is 2.38. The molecule has 0 aliphatic heterocycles. The second kappa shape index (κ2) is 4.86. The predicted molar refractivity (Wildman–Crippen MR) is 47.0 cm³/mol. The first-order chi connectivity index (χ1) is 6.16. The lowest BCUT2D eigenvalue weighted by atomic mass is 9.83. The molecule has 0 amide bonds. The van der Waals surface area contributed by atoms with Crippen LogP contribution in [0, 0.1) is 41.4 Å². The molecular formula is C10H9NO2. The lowest BCUT2D eigenvalue weighted by Gasteiger charge is -2.17. The summed E-state index contributed by atoms with van der Waals surface area (Å²) in [6.07, 6.45) is 10.0. The van der Waals surface area contributed by atoms with Gasteiger partial charge in [-0.2, -0.15) is 5.26 Å². The van der Waals surface area contributed by atoms with Gasteiger partial charge in [0.05, 0.1) is 13.2 Å². The molecule has 66 valence electrons. The molecule has 0 rings (SSSR count). The zero-order valence-electron chi connectivity index (χ0n) is 7.33. The van der Waals surface area contributed by atoms with Crippen molar-refractivity contribution in [1.82, 2.24) is 0 Å². The van der Waals surface area contributed by atoms with Crippen molar-refractivity contribution < 1.29 is 9.53 Å². The van der Waals surface area contributed by atoms with Gasteiger partial charge in [-0.1, -0.05) is 0 Å². The van der Waals surface area contributed by atoms with Gasteiger partial charge in [0.15, 0.2) is 5.41 Å². The highest BCUT2D eigenvalue weighted by atomic mass is 16.5. The van der Waals surface area contributed by atoms with E-state index in [-0.39, 0.29) is 12.8 Å². The molecule has 3 heteroatoms. The minimum absolute atomic E-state index is 0.0274. The number of hydrogen-bond donors (Lipinski definition) is 0. The molecule has 0 radical (unpaired) electrons. The Morgan fingerprint density at radius 1 is 1.46 bits per heavy atom. The van der Waals surface area contributed by atoms with Crippen molar-refractivity contribution in [2.24, 2.45) is 5.41 Å². The van der Waals surface area contributed by atoms with E-state index in [9.17, 15) is 4.79 Å². The highest BCUT2D eigenvalue weighted by molar-refractivity contribution is 5.80. The van der Waals surface area contributed by atoms with Crippen molar-refractivity contribution in [3.63, 3.8) is 0 Å². The number of nitrogens with zero attached hydrogens (tertiary/aromatic N) is 1. The maximum absolute atomic E-state index is 11.2. The highest BCUT2D eigenvalue weighted by Crippen LogP contribution is 2.26. The smallest absolute Gasteiger partial charge is 0.328 e. The van der Waals surface area contributed by atoms with E-state index in [1.807, 2.05) is 6.07 Å². The molecule has 0 heterocycles. The molecule has 0 spiro atoms. The Balaban J connectivity index is 4.93. The van der Waals surface area contributed by atoms with Crippen LogP contribution in [0.1, 0.15) is 12.8 Å². The molecular weight excluding hydrogens is 166 g/mol. The van der Waals surface area contributed by atoms with Gasteiger partial charge in [0.25, 0.3) is 0 Å². The van der Waals surface area contributed by atoms with Crippen LogP contribution < -0.4 is 0 Å². The average molecular weight is 175 g/mol. The summed E-state index contributed by atoms with van der Waals surface area (Å²) in [7, 11) is 1.20. The second-order valence-corrected chi connectivity index (χ2v) is 2.45. The molecule has 0 aromatic heterocycles. The van der Waals surface area contributed by atoms with Crippen LogP contribution in [0.15, 0.2) is 0 Å². The molecule has 0 aromatic rings. The fourth-order valence-corrected chi connectivity index (χ4v) is 0.875. The first-order valence-electron chi connectivity index (χ1n) is 3.53. The van der Waals surface area contributed by atoms with Crippen molar-refractivity contribution in [3.8, 4) is 30.8 Å². The summed E-state index contributed by atoms with van der Waals surface area (Å²) < 4.78 is 4.46. The Bertz CT molecular complexity index is 295. The number of rotatable bonds is 3. The largest absolute Gasteiger partial charge is 0.468 e. The SMILES string of the molecule is C#CCC(C#N)(CC#C)C(=O)OC. The summed E-state index contributed by atoms with van der Waals surface area (Å²) >= 11 is 0. The van der Waals surface area contributed by atoms with Crippen molar-refractivity contribution in [2.75, 3.05) is 7.11 Å².